The van der Waals surface area contributed by atoms with E-state index in [-0.39, 0.29) is 30.9 Å². The molecule has 1 saturated heterocycles. The molecule has 45 heavy (non-hydrogen) atoms. The molecule has 6 aliphatic carbocycles. The lowest BCUT2D eigenvalue weighted by molar-refractivity contribution is -0.137. The predicted molar refractivity (Wildman–Crippen MR) is 174 cm³/mol. The van der Waals surface area contributed by atoms with Crippen molar-refractivity contribution in [3.8, 4) is 0 Å². The Kier molecular flexibility index (Phi) is 9.43. The van der Waals surface area contributed by atoms with E-state index < -0.39 is 24.3 Å². The average molecular weight is 690 g/mol. The van der Waals surface area contributed by atoms with Crippen molar-refractivity contribution in [1.82, 2.24) is 20.4 Å². The van der Waals surface area contributed by atoms with E-state index in [1.807, 2.05) is 7.05 Å². The molecule has 9 nitrogen and oxygen atoms in total. The number of β-amino-alcohol motifs (C(OH)–C–C–N with tert-alkyl or cyclic N) is 1. The van der Waals surface area contributed by atoms with Crippen molar-refractivity contribution in [2.45, 2.75) is 131 Å². The minimum Gasteiger partial charge on any atom is -0.445 e. The van der Waals surface area contributed by atoms with Crippen molar-refractivity contribution < 1.29 is 24.2 Å². The second-order valence-electron chi connectivity index (χ2n) is 15.8. The molecule has 3 amide bonds. The average Bonchev–Trinajstić information content (AvgIpc) is 3.62. The Labute approximate surface area is 276 Å². The lowest BCUT2D eigenvalue weighted by Crippen LogP contribution is -2.55. The van der Waals surface area contributed by atoms with Crippen LogP contribution in [0.5, 0.6) is 0 Å². The Morgan fingerprint density at radius 1 is 1.02 bits per heavy atom. The molecule has 2 heterocycles. The Hall–Kier alpha value is -1.81. The fraction of sp³-hybridized carbons (Fsp3) is 0.857. The SMILES string of the molecule is CN(CC1CCCCC1Br)C(=O)C(CC1=CNC2CCCCC12)NC(=O)C1C[C@@H](O)CN1C(=O)OC1C2CC3CC(C2)CC1C3. The van der Waals surface area contributed by atoms with Gasteiger partial charge in [-0.2, -0.15) is 0 Å². The van der Waals surface area contributed by atoms with Crippen molar-refractivity contribution in [3.63, 3.8) is 0 Å². The molecule has 6 saturated carbocycles. The van der Waals surface area contributed by atoms with E-state index in [0.717, 1.165) is 63.2 Å². The highest BCUT2D eigenvalue weighted by Gasteiger charge is 2.51. The number of fused-ring (bicyclic) bond motifs is 1. The number of amides is 3. The summed E-state index contributed by atoms with van der Waals surface area (Å²) in [4.78, 5) is 45.4. The molecular weight excluding hydrogens is 636 g/mol. The topological polar surface area (TPSA) is 111 Å². The van der Waals surface area contributed by atoms with Crippen LogP contribution in [0.15, 0.2) is 11.8 Å². The van der Waals surface area contributed by atoms with Crippen LogP contribution in [0.4, 0.5) is 4.79 Å². The summed E-state index contributed by atoms with van der Waals surface area (Å²) in [6.45, 7) is 0.729. The van der Waals surface area contributed by atoms with E-state index in [0.29, 0.717) is 47.5 Å². The van der Waals surface area contributed by atoms with Crippen LogP contribution < -0.4 is 10.6 Å². The van der Waals surface area contributed by atoms with Gasteiger partial charge in [-0.25, -0.2) is 4.79 Å². The van der Waals surface area contributed by atoms with Gasteiger partial charge in [0.2, 0.25) is 11.8 Å². The molecule has 8 rings (SSSR count). The maximum atomic E-state index is 14.1. The highest BCUT2D eigenvalue weighted by Crippen LogP contribution is 2.54. The number of ether oxygens (including phenoxy) is 1. The van der Waals surface area contributed by atoms with Crippen LogP contribution in [0.25, 0.3) is 0 Å². The van der Waals surface area contributed by atoms with Gasteiger partial charge < -0.3 is 25.4 Å². The standard InChI is InChI=1S/C35H53BrN4O5/c1-39(18-22-6-2-4-8-28(22)36)34(43)30(15-25-17-37-29-9-5-3-7-27(25)29)38-33(42)31-16-26(41)19-40(31)35(44)45-32-23-11-20-10-21(13-23)14-24(32)12-20/h17,20-24,26-32,37,41H,2-16,18-19H2,1H3,(H,38,42)/t20?,21?,22?,23?,24?,26-,27?,28?,29?,30?,31?,32?/m1/s1. The molecule has 7 atom stereocenters. The van der Waals surface area contributed by atoms with Gasteiger partial charge in [-0.1, -0.05) is 41.6 Å². The maximum Gasteiger partial charge on any atom is 0.410 e. The number of nitrogens with zero attached hydrogens (tertiary/aromatic N) is 2. The Morgan fingerprint density at radius 2 is 1.71 bits per heavy atom. The number of hydrogen-bond acceptors (Lipinski definition) is 6. The van der Waals surface area contributed by atoms with Crippen LogP contribution in [-0.4, -0.2) is 88.1 Å². The minimum absolute atomic E-state index is 0.0793. The van der Waals surface area contributed by atoms with Gasteiger partial charge in [0, 0.05) is 36.8 Å². The normalized spacial score (nSPS) is 40.7. The molecule has 10 heteroatoms. The molecule has 8 aliphatic rings. The maximum absolute atomic E-state index is 14.1. The number of hydrogen-bond donors (Lipinski definition) is 3. The molecular formula is C35H53BrN4O5. The summed E-state index contributed by atoms with van der Waals surface area (Å²) >= 11 is 3.85. The first-order valence-corrected chi connectivity index (χ1v) is 18.9. The molecule has 4 bridgehead atoms. The van der Waals surface area contributed by atoms with Crippen LogP contribution in [0.2, 0.25) is 0 Å². The summed E-state index contributed by atoms with van der Waals surface area (Å²) in [6.07, 6.45) is 16.4. The molecule has 6 unspecified atom stereocenters. The van der Waals surface area contributed by atoms with Crippen molar-refractivity contribution in [2.75, 3.05) is 20.1 Å². The van der Waals surface area contributed by atoms with Gasteiger partial charge in [0.1, 0.15) is 18.2 Å². The fourth-order valence-electron chi connectivity index (χ4n) is 10.6. The highest BCUT2D eigenvalue weighted by atomic mass is 79.9. The molecule has 250 valence electrons. The number of likely N-dealkylation sites (N-methyl/N-ethyl adjacent to an activating group) is 1. The molecule has 0 aromatic heterocycles. The van der Waals surface area contributed by atoms with Gasteiger partial charge in [-0.3, -0.25) is 14.5 Å². The van der Waals surface area contributed by atoms with Gasteiger partial charge in [-0.15, -0.1) is 0 Å². The molecule has 0 aromatic carbocycles. The summed E-state index contributed by atoms with van der Waals surface area (Å²) in [5.74, 6) is 2.70. The van der Waals surface area contributed by atoms with E-state index in [1.54, 1.807) is 4.90 Å². The van der Waals surface area contributed by atoms with Gasteiger partial charge in [0.25, 0.3) is 0 Å². The van der Waals surface area contributed by atoms with Crippen LogP contribution >= 0.6 is 15.9 Å². The lowest BCUT2D eigenvalue weighted by Gasteiger charge is -2.53. The highest BCUT2D eigenvalue weighted by molar-refractivity contribution is 9.09. The second-order valence-corrected chi connectivity index (χ2v) is 16.9. The van der Waals surface area contributed by atoms with E-state index in [9.17, 15) is 19.5 Å². The zero-order valence-electron chi connectivity index (χ0n) is 26.9. The van der Waals surface area contributed by atoms with Crippen molar-refractivity contribution in [2.24, 2.45) is 35.5 Å². The van der Waals surface area contributed by atoms with Crippen LogP contribution in [0.3, 0.4) is 0 Å². The molecule has 7 fully saturated rings. The number of nitrogens with one attached hydrogen (secondary N) is 2. The van der Waals surface area contributed by atoms with Gasteiger partial charge in [-0.05, 0) is 106 Å². The van der Waals surface area contributed by atoms with Crippen molar-refractivity contribution >= 4 is 33.8 Å². The number of carbonyl (C=O) groups excluding carboxylic acids is 3. The molecule has 3 N–H and O–H groups in total. The fourth-order valence-corrected chi connectivity index (χ4v) is 11.4. The summed E-state index contributed by atoms with van der Waals surface area (Å²) in [7, 11) is 1.86. The van der Waals surface area contributed by atoms with E-state index in [1.165, 1.54) is 42.6 Å². The van der Waals surface area contributed by atoms with Crippen LogP contribution in [0, 0.1) is 35.5 Å². The zero-order valence-corrected chi connectivity index (χ0v) is 28.5. The molecule has 0 aromatic rings. The Balaban J connectivity index is 1.04. The molecule has 2 aliphatic heterocycles. The van der Waals surface area contributed by atoms with Crippen LogP contribution in [-0.2, 0) is 14.3 Å². The first-order valence-electron chi connectivity index (χ1n) is 18.0. The van der Waals surface area contributed by atoms with Gasteiger partial charge in [0.15, 0.2) is 0 Å². The van der Waals surface area contributed by atoms with E-state index in [2.05, 4.69) is 32.8 Å². The third-order valence-corrected chi connectivity index (χ3v) is 13.9. The Bertz CT molecular complexity index is 1140. The smallest absolute Gasteiger partial charge is 0.410 e. The lowest BCUT2D eigenvalue weighted by atomic mass is 9.55. The minimum atomic E-state index is -0.853. The number of aliphatic hydroxyl groups is 1. The molecule has 0 spiro atoms. The predicted octanol–water partition coefficient (Wildman–Crippen LogP) is 4.72. The number of halogens is 1. The number of likely N-dealkylation sites (tertiary alicyclic amines) is 1. The summed E-state index contributed by atoms with van der Waals surface area (Å²) in [5, 5.41) is 17.3. The number of rotatable bonds is 8. The van der Waals surface area contributed by atoms with Gasteiger partial charge in [0.05, 0.1) is 12.6 Å². The van der Waals surface area contributed by atoms with E-state index in [4.69, 9.17) is 4.74 Å². The molecule has 0 radical (unpaired) electrons. The number of aliphatic hydroxyl groups excluding tert-OH is 1. The van der Waals surface area contributed by atoms with E-state index >= 15 is 0 Å². The monoisotopic (exact) mass is 688 g/mol. The quantitative estimate of drug-likeness (QED) is 0.319. The van der Waals surface area contributed by atoms with Crippen molar-refractivity contribution in [3.05, 3.63) is 11.8 Å². The number of alkyl halides is 1. The first-order chi connectivity index (χ1) is 21.7. The van der Waals surface area contributed by atoms with Crippen LogP contribution in [0.1, 0.15) is 96.3 Å². The largest absolute Gasteiger partial charge is 0.445 e. The third kappa shape index (κ3) is 6.66. The summed E-state index contributed by atoms with van der Waals surface area (Å²) in [6, 6.07) is -1.17. The van der Waals surface area contributed by atoms with Gasteiger partial charge >= 0.3 is 6.09 Å². The zero-order chi connectivity index (χ0) is 31.2. The summed E-state index contributed by atoms with van der Waals surface area (Å²) in [5.41, 5.74) is 1.20. The summed E-state index contributed by atoms with van der Waals surface area (Å²) < 4.78 is 6.19. The second kappa shape index (κ2) is 13.4. The number of carbonyl (C=O) groups is 3. The van der Waals surface area contributed by atoms with Crippen molar-refractivity contribution in [1.29, 1.82) is 0 Å². The third-order valence-electron chi connectivity index (χ3n) is 12.7. The Morgan fingerprint density at radius 3 is 2.44 bits per heavy atom. The first kappa shape index (κ1) is 31.8.